The summed E-state index contributed by atoms with van der Waals surface area (Å²) in [6.45, 7) is 2.90. The molecule has 1 aromatic heterocycles. The van der Waals surface area contributed by atoms with E-state index in [4.69, 9.17) is 4.74 Å². The second-order valence-corrected chi connectivity index (χ2v) is 3.85. The molecule has 5 heteroatoms. The molecule has 1 heterocycles. The van der Waals surface area contributed by atoms with Crippen LogP contribution < -0.4 is 5.32 Å². The summed E-state index contributed by atoms with van der Waals surface area (Å²) >= 11 is 0. The first kappa shape index (κ1) is 10.9. The first-order valence-corrected chi connectivity index (χ1v) is 5.35. The highest BCUT2D eigenvalue weighted by molar-refractivity contribution is 5.77. The molecule has 0 spiro atoms. The summed E-state index contributed by atoms with van der Waals surface area (Å²) in [6.07, 6.45) is 0.980. The summed E-state index contributed by atoms with van der Waals surface area (Å²) < 4.78 is 5.04. The molecule has 0 saturated carbocycles. The number of nitrogens with zero attached hydrogens (tertiary/aromatic N) is 2. The van der Waals surface area contributed by atoms with Gasteiger partial charge in [0.2, 0.25) is 0 Å². The zero-order valence-electron chi connectivity index (χ0n) is 9.53. The Morgan fingerprint density at radius 3 is 3.00 bits per heavy atom. The molecule has 0 aliphatic heterocycles. The number of hydrogen-bond acceptors (Lipinski definition) is 4. The summed E-state index contributed by atoms with van der Waals surface area (Å²) in [7, 11) is 1.72. The molecule has 5 nitrogen and oxygen atoms in total. The lowest BCUT2D eigenvalue weighted by Gasteiger charge is -2.14. The van der Waals surface area contributed by atoms with Crippen molar-refractivity contribution in [2.75, 3.05) is 19.0 Å². The Kier molecular flexibility index (Phi) is 3.36. The number of methoxy groups -OCH3 is 1. The fourth-order valence-electron chi connectivity index (χ4n) is 1.58. The molecule has 0 radical (unpaired) electrons. The minimum atomic E-state index is 0.379. The number of nitrogens with one attached hydrogen (secondary N) is 2. The molecule has 2 N–H and O–H groups in total. The number of fused-ring (bicyclic) bond motifs is 1. The number of aromatic amines is 1. The van der Waals surface area contributed by atoms with Gasteiger partial charge in [-0.15, -0.1) is 0 Å². The molecule has 86 valence electrons. The van der Waals surface area contributed by atoms with E-state index in [1.807, 2.05) is 18.2 Å². The summed E-state index contributed by atoms with van der Waals surface area (Å²) in [5, 5.41) is 14.1. The lowest BCUT2D eigenvalue weighted by molar-refractivity contribution is 0.191. The molecule has 2 aromatic rings. The maximum absolute atomic E-state index is 5.04. The second-order valence-electron chi connectivity index (χ2n) is 3.85. The van der Waals surface area contributed by atoms with Gasteiger partial charge < -0.3 is 10.1 Å². The van der Waals surface area contributed by atoms with Gasteiger partial charge in [0.05, 0.1) is 0 Å². The van der Waals surface area contributed by atoms with E-state index < -0.39 is 0 Å². The van der Waals surface area contributed by atoms with Crippen LogP contribution in [0.4, 0.5) is 5.69 Å². The Bertz CT molecular complexity index is 454. The van der Waals surface area contributed by atoms with Gasteiger partial charge in [-0.1, -0.05) is 0 Å². The standard InChI is InChI=1S/C11H16N4O/c1-8(5-6-16-2)12-9-3-4-10-11(7-9)14-15-13-10/h3-4,7-8,12H,5-6H2,1-2H3,(H,13,14,15). The second kappa shape index (κ2) is 4.94. The van der Waals surface area contributed by atoms with Gasteiger partial charge in [0, 0.05) is 25.4 Å². The fraction of sp³-hybridized carbons (Fsp3) is 0.455. The Morgan fingerprint density at radius 2 is 2.19 bits per heavy atom. The van der Waals surface area contributed by atoms with Gasteiger partial charge in [-0.3, -0.25) is 0 Å². The molecule has 0 bridgehead atoms. The summed E-state index contributed by atoms with van der Waals surface area (Å²) in [5.74, 6) is 0. The minimum absolute atomic E-state index is 0.379. The summed E-state index contributed by atoms with van der Waals surface area (Å²) in [4.78, 5) is 0. The molecule has 1 unspecified atom stereocenters. The Morgan fingerprint density at radius 1 is 1.38 bits per heavy atom. The fourth-order valence-corrected chi connectivity index (χ4v) is 1.58. The Labute approximate surface area is 94.2 Å². The van der Waals surface area contributed by atoms with E-state index in [-0.39, 0.29) is 0 Å². The maximum atomic E-state index is 5.04. The number of rotatable bonds is 5. The van der Waals surface area contributed by atoms with E-state index in [1.54, 1.807) is 7.11 Å². The van der Waals surface area contributed by atoms with E-state index in [0.29, 0.717) is 6.04 Å². The predicted molar refractivity (Wildman–Crippen MR) is 63.5 cm³/mol. The lowest BCUT2D eigenvalue weighted by Crippen LogP contribution is -2.16. The van der Waals surface area contributed by atoms with Crippen molar-refractivity contribution in [2.24, 2.45) is 0 Å². The normalized spacial score (nSPS) is 12.9. The van der Waals surface area contributed by atoms with Gasteiger partial charge in [0.25, 0.3) is 0 Å². The third-order valence-electron chi connectivity index (χ3n) is 2.48. The highest BCUT2D eigenvalue weighted by Gasteiger charge is 2.03. The largest absolute Gasteiger partial charge is 0.385 e. The van der Waals surface area contributed by atoms with E-state index >= 15 is 0 Å². The van der Waals surface area contributed by atoms with Crippen LogP contribution in [0.5, 0.6) is 0 Å². The summed E-state index contributed by atoms with van der Waals surface area (Å²) in [6, 6.07) is 6.32. The monoisotopic (exact) mass is 220 g/mol. The van der Waals surface area contributed by atoms with Crippen molar-refractivity contribution < 1.29 is 4.74 Å². The number of hydrogen-bond donors (Lipinski definition) is 2. The van der Waals surface area contributed by atoms with E-state index in [0.717, 1.165) is 29.7 Å². The van der Waals surface area contributed by atoms with Gasteiger partial charge in [-0.05, 0) is 31.5 Å². The molecule has 0 aliphatic carbocycles. The predicted octanol–water partition coefficient (Wildman–Crippen LogP) is 1.79. The first-order chi connectivity index (χ1) is 7.79. The Balaban J connectivity index is 2.03. The van der Waals surface area contributed by atoms with Crippen LogP contribution in [0.1, 0.15) is 13.3 Å². The Hall–Kier alpha value is -1.62. The molecule has 0 saturated heterocycles. The van der Waals surface area contributed by atoms with E-state index in [1.165, 1.54) is 0 Å². The van der Waals surface area contributed by atoms with Crippen molar-refractivity contribution >= 4 is 16.7 Å². The van der Waals surface area contributed by atoms with Gasteiger partial charge in [0.1, 0.15) is 11.0 Å². The quantitative estimate of drug-likeness (QED) is 0.806. The minimum Gasteiger partial charge on any atom is -0.385 e. The van der Waals surface area contributed by atoms with Gasteiger partial charge in [-0.2, -0.15) is 15.4 Å². The van der Waals surface area contributed by atoms with Crippen LogP contribution in [0.3, 0.4) is 0 Å². The first-order valence-electron chi connectivity index (χ1n) is 5.35. The van der Waals surface area contributed by atoms with Crippen molar-refractivity contribution in [3.05, 3.63) is 18.2 Å². The molecule has 0 fully saturated rings. The number of H-pyrrole nitrogens is 1. The summed E-state index contributed by atoms with van der Waals surface area (Å²) in [5.41, 5.74) is 2.82. The van der Waals surface area contributed by atoms with Crippen LogP contribution in [0, 0.1) is 0 Å². The van der Waals surface area contributed by atoms with Gasteiger partial charge in [-0.25, -0.2) is 0 Å². The molecule has 1 aromatic carbocycles. The van der Waals surface area contributed by atoms with Crippen molar-refractivity contribution in [1.82, 2.24) is 15.4 Å². The third-order valence-corrected chi connectivity index (χ3v) is 2.48. The van der Waals surface area contributed by atoms with E-state index in [2.05, 4.69) is 27.7 Å². The number of anilines is 1. The van der Waals surface area contributed by atoms with Crippen LogP contribution in [-0.4, -0.2) is 35.2 Å². The molecule has 16 heavy (non-hydrogen) atoms. The highest BCUT2D eigenvalue weighted by atomic mass is 16.5. The topological polar surface area (TPSA) is 62.8 Å². The molecular weight excluding hydrogens is 204 g/mol. The average Bonchev–Trinajstić information content (AvgIpc) is 2.73. The van der Waals surface area contributed by atoms with Gasteiger partial charge >= 0.3 is 0 Å². The van der Waals surface area contributed by atoms with Crippen molar-refractivity contribution in [2.45, 2.75) is 19.4 Å². The average molecular weight is 220 g/mol. The molecular formula is C11H16N4O. The molecule has 0 amide bonds. The molecule has 2 rings (SSSR count). The van der Waals surface area contributed by atoms with Crippen LogP contribution >= 0.6 is 0 Å². The van der Waals surface area contributed by atoms with Crippen molar-refractivity contribution in [1.29, 1.82) is 0 Å². The SMILES string of the molecule is COCCC(C)Nc1ccc2n[nH]nc2c1. The number of benzene rings is 1. The van der Waals surface area contributed by atoms with Crippen LogP contribution in [0.25, 0.3) is 11.0 Å². The van der Waals surface area contributed by atoms with Gasteiger partial charge in [0.15, 0.2) is 0 Å². The van der Waals surface area contributed by atoms with Crippen LogP contribution in [0.15, 0.2) is 18.2 Å². The number of ether oxygens (including phenoxy) is 1. The molecule has 0 aliphatic rings. The zero-order valence-corrected chi connectivity index (χ0v) is 9.53. The van der Waals surface area contributed by atoms with Crippen LogP contribution in [-0.2, 0) is 4.74 Å². The zero-order chi connectivity index (χ0) is 11.4. The smallest absolute Gasteiger partial charge is 0.115 e. The van der Waals surface area contributed by atoms with Crippen LogP contribution in [0.2, 0.25) is 0 Å². The van der Waals surface area contributed by atoms with E-state index in [9.17, 15) is 0 Å². The third kappa shape index (κ3) is 2.49. The number of aromatic nitrogens is 3. The highest BCUT2D eigenvalue weighted by Crippen LogP contribution is 2.16. The molecule has 1 atom stereocenters. The van der Waals surface area contributed by atoms with Crippen molar-refractivity contribution in [3.63, 3.8) is 0 Å². The van der Waals surface area contributed by atoms with Crippen molar-refractivity contribution in [3.8, 4) is 0 Å². The lowest BCUT2D eigenvalue weighted by atomic mass is 10.2. The maximum Gasteiger partial charge on any atom is 0.115 e.